The molecule has 0 N–H and O–H groups in total. The van der Waals surface area contributed by atoms with Crippen molar-refractivity contribution in [1.82, 2.24) is 4.98 Å². The number of pyridine rings is 1. The van der Waals surface area contributed by atoms with Crippen LogP contribution >= 0.6 is 0 Å². The molecule has 2 aliphatic heterocycles. The number of aromatic nitrogens is 1. The highest BCUT2D eigenvalue weighted by Gasteiger charge is 2.30. The third-order valence-corrected chi connectivity index (χ3v) is 2.90. The van der Waals surface area contributed by atoms with E-state index in [1.54, 1.807) is 0 Å². The van der Waals surface area contributed by atoms with Gasteiger partial charge < -0.3 is 9.64 Å². The van der Waals surface area contributed by atoms with Gasteiger partial charge in [-0.05, 0) is 18.9 Å². The fourth-order valence-corrected chi connectivity index (χ4v) is 2.08. The van der Waals surface area contributed by atoms with E-state index in [4.69, 9.17) is 4.74 Å². The van der Waals surface area contributed by atoms with Crippen LogP contribution in [0.3, 0.4) is 0 Å². The molecule has 1 aromatic heterocycles. The molecule has 0 aromatic carbocycles. The van der Waals surface area contributed by atoms with Crippen LogP contribution in [0, 0.1) is 0 Å². The molecule has 0 aliphatic carbocycles. The second-order valence-corrected chi connectivity index (χ2v) is 3.93. The first-order valence-electron chi connectivity index (χ1n) is 5.26. The van der Waals surface area contributed by atoms with Crippen LogP contribution in [0.15, 0.2) is 18.3 Å². The van der Waals surface area contributed by atoms with Crippen LogP contribution < -0.4 is 4.90 Å². The molecule has 3 heterocycles. The largest absolute Gasteiger partial charge is 0.368 e. The maximum absolute atomic E-state index is 5.33. The van der Waals surface area contributed by atoms with Gasteiger partial charge >= 0.3 is 0 Å². The highest BCUT2D eigenvalue weighted by Crippen LogP contribution is 2.36. The Morgan fingerprint density at radius 2 is 2.14 bits per heavy atom. The van der Waals surface area contributed by atoms with Crippen LogP contribution in [0.4, 0.5) is 5.82 Å². The van der Waals surface area contributed by atoms with Crippen molar-refractivity contribution in [3.63, 3.8) is 0 Å². The summed E-state index contributed by atoms with van der Waals surface area (Å²) >= 11 is 0. The number of ether oxygens (including phenoxy) is 1. The molecule has 0 spiro atoms. The fourth-order valence-electron chi connectivity index (χ4n) is 2.08. The van der Waals surface area contributed by atoms with Gasteiger partial charge in [-0.25, -0.2) is 4.98 Å². The summed E-state index contributed by atoms with van der Waals surface area (Å²) in [5, 5.41) is 0. The van der Waals surface area contributed by atoms with Crippen molar-refractivity contribution in [2.75, 3.05) is 24.6 Å². The van der Waals surface area contributed by atoms with Gasteiger partial charge in [-0.3, -0.25) is 0 Å². The molecule has 2 saturated heterocycles. The minimum absolute atomic E-state index is 0.319. The van der Waals surface area contributed by atoms with Crippen molar-refractivity contribution in [2.45, 2.75) is 18.9 Å². The van der Waals surface area contributed by atoms with Gasteiger partial charge in [0.2, 0.25) is 0 Å². The maximum Gasteiger partial charge on any atom is 0.134 e. The van der Waals surface area contributed by atoms with E-state index in [0.717, 1.165) is 25.5 Å². The molecular formula is C11H14N2O. The summed E-state index contributed by atoms with van der Waals surface area (Å²) in [6, 6.07) is 4.13. The molecule has 3 nitrogen and oxygen atoms in total. The van der Waals surface area contributed by atoms with E-state index in [0.29, 0.717) is 6.10 Å². The maximum atomic E-state index is 5.33. The third-order valence-electron chi connectivity index (χ3n) is 2.90. The molecule has 0 saturated carbocycles. The second kappa shape index (κ2) is 3.24. The van der Waals surface area contributed by atoms with Crippen molar-refractivity contribution in [3.05, 3.63) is 23.9 Å². The minimum atomic E-state index is 0.319. The lowest BCUT2D eigenvalue weighted by Gasteiger charge is -2.18. The molecule has 3 heteroatoms. The molecule has 14 heavy (non-hydrogen) atoms. The standard InChI is InChI=1S/C11H14N2O/c1-2-7-13(6-1)11-9(10-8-14-10)4-3-5-12-11/h3-5,10H,1-2,6-8H2/t10-/m1/s1. The predicted molar refractivity (Wildman–Crippen MR) is 54.4 cm³/mol. The number of epoxide rings is 1. The van der Waals surface area contributed by atoms with Gasteiger partial charge in [-0.15, -0.1) is 0 Å². The summed E-state index contributed by atoms with van der Waals surface area (Å²) in [5.41, 5.74) is 1.27. The number of hydrogen-bond donors (Lipinski definition) is 0. The molecule has 0 radical (unpaired) electrons. The Balaban J connectivity index is 1.94. The quantitative estimate of drug-likeness (QED) is 0.665. The van der Waals surface area contributed by atoms with E-state index in [1.807, 2.05) is 12.3 Å². The van der Waals surface area contributed by atoms with Crippen molar-refractivity contribution in [3.8, 4) is 0 Å². The van der Waals surface area contributed by atoms with Gasteiger partial charge in [0.25, 0.3) is 0 Å². The first-order chi connectivity index (χ1) is 6.95. The fraction of sp³-hybridized carbons (Fsp3) is 0.545. The summed E-state index contributed by atoms with van der Waals surface area (Å²) in [7, 11) is 0. The van der Waals surface area contributed by atoms with Gasteiger partial charge in [-0.1, -0.05) is 6.07 Å². The number of hydrogen-bond acceptors (Lipinski definition) is 3. The normalized spacial score (nSPS) is 25.4. The van der Waals surface area contributed by atoms with E-state index in [1.165, 1.54) is 18.4 Å². The summed E-state index contributed by atoms with van der Waals surface area (Å²) < 4.78 is 5.33. The Morgan fingerprint density at radius 3 is 2.86 bits per heavy atom. The molecule has 1 aromatic rings. The molecular weight excluding hydrogens is 176 g/mol. The third kappa shape index (κ3) is 1.38. The van der Waals surface area contributed by atoms with Gasteiger partial charge in [0.05, 0.1) is 6.61 Å². The summed E-state index contributed by atoms with van der Waals surface area (Å²) in [5.74, 6) is 1.15. The van der Waals surface area contributed by atoms with Crippen LogP contribution in [-0.2, 0) is 4.74 Å². The Hall–Kier alpha value is -1.09. The Kier molecular flexibility index (Phi) is 1.91. The SMILES string of the molecule is c1cnc(N2CCCC2)c([C@H]2CO2)c1. The van der Waals surface area contributed by atoms with E-state index >= 15 is 0 Å². The van der Waals surface area contributed by atoms with E-state index in [2.05, 4.69) is 16.0 Å². The Bertz CT molecular complexity index is 330. The second-order valence-electron chi connectivity index (χ2n) is 3.93. The van der Waals surface area contributed by atoms with Crippen LogP contribution in [-0.4, -0.2) is 24.7 Å². The smallest absolute Gasteiger partial charge is 0.134 e. The lowest BCUT2D eigenvalue weighted by molar-refractivity contribution is 0.415. The lowest BCUT2D eigenvalue weighted by atomic mass is 10.2. The van der Waals surface area contributed by atoms with Crippen molar-refractivity contribution in [2.24, 2.45) is 0 Å². The van der Waals surface area contributed by atoms with Gasteiger partial charge in [-0.2, -0.15) is 0 Å². The molecule has 2 aliphatic rings. The Labute approximate surface area is 83.7 Å². The highest BCUT2D eigenvalue weighted by atomic mass is 16.6. The monoisotopic (exact) mass is 190 g/mol. The topological polar surface area (TPSA) is 28.7 Å². The molecule has 0 amide bonds. The van der Waals surface area contributed by atoms with Gasteiger partial charge in [0.1, 0.15) is 11.9 Å². The first kappa shape index (κ1) is 8.24. The molecule has 1 atom stereocenters. The van der Waals surface area contributed by atoms with Crippen molar-refractivity contribution in [1.29, 1.82) is 0 Å². The van der Waals surface area contributed by atoms with E-state index < -0.39 is 0 Å². The van der Waals surface area contributed by atoms with Gasteiger partial charge in [0, 0.05) is 24.8 Å². The summed E-state index contributed by atoms with van der Waals surface area (Å²) in [6.07, 6.45) is 4.78. The zero-order valence-corrected chi connectivity index (χ0v) is 8.15. The number of rotatable bonds is 2. The number of nitrogens with zero attached hydrogens (tertiary/aromatic N) is 2. The zero-order valence-electron chi connectivity index (χ0n) is 8.15. The average Bonchev–Trinajstić information content (AvgIpc) is 2.94. The Morgan fingerprint density at radius 1 is 1.36 bits per heavy atom. The lowest BCUT2D eigenvalue weighted by Crippen LogP contribution is -2.20. The van der Waals surface area contributed by atoms with Crippen molar-refractivity contribution >= 4 is 5.82 Å². The van der Waals surface area contributed by atoms with Crippen molar-refractivity contribution < 1.29 is 4.74 Å². The van der Waals surface area contributed by atoms with Crippen LogP contribution in [0.25, 0.3) is 0 Å². The molecule has 74 valence electrons. The first-order valence-corrected chi connectivity index (χ1v) is 5.26. The van der Waals surface area contributed by atoms with Gasteiger partial charge in [0.15, 0.2) is 0 Å². The van der Waals surface area contributed by atoms with E-state index in [9.17, 15) is 0 Å². The average molecular weight is 190 g/mol. The predicted octanol–water partition coefficient (Wildman–Crippen LogP) is 1.75. The van der Waals surface area contributed by atoms with Crippen LogP contribution in [0.5, 0.6) is 0 Å². The highest BCUT2D eigenvalue weighted by molar-refractivity contribution is 5.49. The molecule has 0 unspecified atom stereocenters. The zero-order chi connectivity index (χ0) is 9.38. The number of anilines is 1. The molecule has 2 fully saturated rings. The minimum Gasteiger partial charge on any atom is -0.368 e. The summed E-state index contributed by atoms with van der Waals surface area (Å²) in [4.78, 5) is 6.84. The van der Waals surface area contributed by atoms with Crippen LogP contribution in [0.1, 0.15) is 24.5 Å². The molecule has 3 rings (SSSR count). The van der Waals surface area contributed by atoms with E-state index in [-0.39, 0.29) is 0 Å². The molecule has 0 bridgehead atoms. The summed E-state index contributed by atoms with van der Waals surface area (Å²) in [6.45, 7) is 3.17. The van der Waals surface area contributed by atoms with Crippen LogP contribution in [0.2, 0.25) is 0 Å².